The van der Waals surface area contributed by atoms with Crippen molar-refractivity contribution in [2.45, 2.75) is 32.7 Å². The Bertz CT molecular complexity index is 814. The lowest BCUT2D eigenvalue weighted by atomic mass is 9.98. The molecule has 0 bridgehead atoms. The zero-order chi connectivity index (χ0) is 19.3. The molecule has 0 unspecified atom stereocenters. The lowest BCUT2D eigenvalue weighted by molar-refractivity contribution is -0.140. The van der Waals surface area contributed by atoms with Crippen molar-refractivity contribution in [3.05, 3.63) is 46.2 Å². The van der Waals surface area contributed by atoms with Crippen LogP contribution in [0.3, 0.4) is 0 Å². The van der Waals surface area contributed by atoms with Gasteiger partial charge in [-0.15, -0.1) is 0 Å². The number of ether oxygens (including phenoxy) is 1. The van der Waals surface area contributed by atoms with Crippen LogP contribution in [0.4, 0.5) is 0 Å². The van der Waals surface area contributed by atoms with Crippen molar-refractivity contribution >= 4 is 23.5 Å². The number of hydrogen-bond donors (Lipinski definition) is 2. The molecule has 140 valence electrons. The summed E-state index contributed by atoms with van der Waals surface area (Å²) >= 11 is 6.37. The van der Waals surface area contributed by atoms with Crippen LogP contribution in [-0.4, -0.2) is 35.3 Å². The number of primary amides is 1. The normalized spacial score (nSPS) is 10.8. The highest BCUT2D eigenvalue weighted by molar-refractivity contribution is 6.33. The Morgan fingerprint density at radius 1 is 1.31 bits per heavy atom. The highest BCUT2D eigenvalue weighted by Gasteiger charge is 2.26. The number of rotatable bonds is 8. The largest absolute Gasteiger partial charge is 0.469 e. The van der Waals surface area contributed by atoms with Crippen LogP contribution in [0.5, 0.6) is 0 Å². The summed E-state index contributed by atoms with van der Waals surface area (Å²) in [5, 5.41) is 9.71. The monoisotopic (exact) mass is 378 g/mol. The van der Waals surface area contributed by atoms with E-state index in [1.165, 1.54) is 7.11 Å². The number of aromatic nitrogens is 1. The summed E-state index contributed by atoms with van der Waals surface area (Å²) in [4.78, 5) is 23.8. The smallest absolute Gasteiger partial charge is 0.305 e. The first-order valence-corrected chi connectivity index (χ1v) is 8.74. The molecule has 0 aliphatic heterocycles. The Labute approximate surface area is 157 Å². The van der Waals surface area contributed by atoms with Gasteiger partial charge in [0.1, 0.15) is 0 Å². The zero-order valence-electron chi connectivity index (χ0n) is 14.9. The van der Waals surface area contributed by atoms with Crippen LogP contribution in [0.25, 0.3) is 11.1 Å². The lowest BCUT2D eigenvalue weighted by Gasteiger charge is -2.13. The molecule has 1 heterocycles. The van der Waals surface area contributed by atoms with Crippen molar-refractivity contribution < 1.29 is 19.4 Å². The minimum atomic E-state index is -0.556. The molecule has 0 saturated carbocycles. The minimum absolute atomic E-state index is 0.0153. The van der Waals surface area contributed by atoms with Crippen LogP contribution in [0, 0.1) is 6.92 Å². The van der Waals surface area contributed by atoms with E-state index in [0.717, 1.165) is 5.69 Å². The number of carbonyl (C=O) groups excluding carboxylic acids is 2. The molecule has 1 aromatic carbocycles. The highest BCUT2D eigenvalue weighted by atomic mass is 35.5. The molecular formula is C19H23ClN2O4. The van der Waals surface area contributed by atoms with E-state index in [9.17, 15) is 14.7 Å². The molecule has 26 heavy (non-hydrogen) atoms. The van der Waals surface area contributed by atoms with Crippen LogP contribution in [0.2, 0.25) is 5.02 Å². The van der Waals surface area contributed by atoms with E-state index in [1.807, 2.05) is 16.7 Å². The number of hydrogen-bond acceptors (Lipinski definition) is 4. The summed E-state index contributed by atoms with van der Waals surface area (Å²) < 4.78 is 6.67. The summed E-state index contributed by atoms with van der Waals surface area (Å²) in [7, 11) is 1.34. The van der Waals surface area contributed by atoms with Gasteiger partial charge in [-0.3, -0.25) is 9.59 Å². The molecule has 6 nitrogen and oxygen atoms in total. The second-order valence-corrected chi connectivity index (χ2v) is 6.34. The molecule has 7 heteroatoms. The standard InChI is InChI=1S/C19H23ClN2O4/c1-12-17(19(21)25)18(13-6-3-4-7-14(13)20)15(8-9-16(24)26-2)22(12)10-5-11-23/h3-4,6-7,23H,5,8-11H2,1-2H3,(H2,21,25). The maximum absolute atomic E-state index is 12.2. The molecule has 0 radical (unpaired) electrons. The van der Waals surface area contributed by atoms with E-state index in [1.54, 1.807) is 19.1 Å². The Hall–Kier alpha value is -2.31. The molecule has 0 spiro atoms. The number of carbonyl (C=O) groups is 2. The van der Waals surface area contributed by atoms with Gasteiger partial charge in [0, 0.05) is 40.7 Å². The van der Waals surface area contributed by atoms with Gasteiger partial charge in [0.15, 0.2) is 0 Å². The van der Waals surface area contributed by atoms with E-state index in [2.05, 4.69) is 0 Å². The van der Waals surface area contributed by atoms with Gasteiger partial charge in [0.2, 0.25) is 0 Å². The Morgan fingerprint density at radius 2 is 2.00 bits per heavy atom. The molecule has 0 saturated heterocycles. The van der Waals surface area contributed by atoms with Crippen molar-refractivity contribution in [3.63, 3.8) is 0 Å². The van der Waals surface area contributed by atoms with Crippen molar-refractivity contribution in [1.29, 1.82) is 0 Å². The fraction of sp³-hybridized carbons (Fsp3) is 0.368. The van der Waals surface area contributed by atoms with Crippen LogP contribution < -0.4 is 5.73 Å². The fourth-order valence-electron chi connectivity index (χ4n) is 3.17. The molecule has 2 aromatic rings. The number of benzene rings is 1. The van der Waals surface area contributed by atoms with Crippen molar-refractivity contribution in [2.24, 2.45) is 5.73 Å². The quantitative estimate of drug-likeness (QED) is 0.690. The van der Waals surface area contributed by atoms with E-state index >= 15 is 0 Å². The van der Waals surface area contributed by atoms with E-state index in [0.29, 0.717) is 46.8 Å². The lowest BCUT2D eigenvalue weighted by Crippen LogP contribution is -2.13. The Kier molecular flexibility index (Phi) is 6.83. The van der Waals surface area contributed by atoms with Gasteiger partial charge in [-0.05, 0) is 25.8 Å². The van der Waals surface area contributed by atoms with Crippen molar-refractivity contribution in [2.75, 3.05) is 13.7 Å². The second-order valence-electron chi connectivity index (χ2n) is 5.93. The highest BCUT2D eigenvalue weighted by Crippen LogP contribution is 2.37. The van der Waals surface area contributed by atoms with Crippen LogP contribution in [0.15, 0.2) is 24.3 Å². The Morgan fingerprint density at radius 3 is 2.58 bits per heavy atom. The molecule has 1 aromatic heterocycles. The number of nitrogens with zero attached hydrogens (tertiary/aromatic N) is 1. The number of halogens is 1. The van der Waals surface area contributed by atoms with E-state index in [4.69, 9.17) is 22.1 Å². The summed E-state index contributed by atoms with van der Waals surface area (Å²) in [6, 6.07) is 7.20. The van der Waals surface area contributed by atoms with Crippen LogP contribution >= 0.6 is 11.6 Å². The SMILES string of the molecule is COC(=O)CCc1c(-c2ccccc2Cl)c(C(N)=O)c(C)n1CCCO. The molecule has 0 aliphatic rings. The van der Waals surface area contributed by atoms with Crippen LogP contribution in [-0.2, 0) is 22.5 Å². The van der Waals surface area contributed by atoms with Gasteiger partial charge < -0.3 is 20.1 Å². The summed E-state index contributed by atoms with van der Waals surface area (Å²) in [5.74, 6) is -0.900. The Balaban J connectivity index is 2.70. The topological polar surface area (TPSA) is 94.5 Å². The third-order valence-corrected chi connectivity index (χ3v) is 4.68. The number of amides is 1. The van der Waals surface area contributed by atoms with Gasteiger partial charge >= 0.3 is 5.97 Å². The molecule has 2 rings (SSSR count). The molecule has 0 aliphatic carbocycles. The molecule has 1 amide bonds. The minimum Gasteiger partial charge on any atom is -0.469 e. The zero-order valence-corrected chi connectivity index (χ0v) is 15.7. The van der Waals surface area contributed by atoms with Crippen molar-refractivity contribution in [3.8, 4) is 11.1 Å². The van der Waals surface area contributed by atoms with E-state index in [-0.39, 0.29) is 19.0 Å². The predicted molar refractivity (Wildman–Crippen MR) is 100 cm³/mol. The second kappa shape index (κ2) is 8.87. The summed E-state index contributed by atoms with van der Waals surface area (Å²) in [5.41, 5.74) is 8.85. The van der Waals surface area contributed by atoms with Gasteiger partial charge in [-0.25, -0.2) is 0 Å². The van der Waals surface area contributed by atoms with Crippen LogP contribution in [0.1, 0.15) is 34.6 Å². The average molecular weight is 379 g/mol. The number of aliphatic hydroxyl groups is 1. The molecule has 3 N–H and O–H groups in total. The van der Waals surface area contributed by atoms with Gasteiger partial charge in [-0.1, -0.05) is 29.8 Å². The van der Waals surface area contributed by atoms with E-state index < -0.39 is 5.91 Å². The maximum atomic E-state index is 12.2. The predicted octanol–water partition coefficient (Wildman–Crippen LogP) is 2.70. The van der Waals surface area contributed by atoms with Gasteiger partial charge in [0.05, 0.1) is 19.1 Å². The van der Waals surface area contributed by atoms with Gasteiger partial charge in [-0.2, -0.15) is 0 Å². The number of esters is 1. The number of nitrogens with two attached hydrogens (primary N) is 1. The summed E-state index contributed by atoms with van der Waals surface area (Å²) in [6.45, 7) is 2.32. The third-order valence-electron chi connectivity index (χ3n) is 4.35. The average Bonchev–Trinajstić information content (AvgIpc) is 2.89. The first kappa shape index (κ1) is 20.0. The third kappa shape index (κ3) is 4.08. The number of aliphatic hydroxyl groups excluding tert-OH is 1. The van der Waals surface area contributed by atoms with Crippen molar-refractivity contribution in [1.82, 2.24) is 4.57 Å². The first-order valence-electron chi connectivity index (χ1n) is 8.36. The summed E-state index contributed by atoms with van der Waals surface area (Å²) in [6.07, 6.45) is 1.04. The maximum Gasteiger partial charge on any atom is 0.305 e. The molecule has 0 fully saturated rings. The van der Waals surface area contributed by atoms with Gasteiger partial charge in [0.25, 0.3) is 5.91 Å². The first-order chi connectivity index (χ1) is 12.4. The fourth-order valence-corrected chi connectivity index (χ4v) is 3.40. The molecular weight excluding hydrogens is 356 g/mol. The number of methoxy groups -OCH3 is 1. The molecule has 0 atom stereocenters.